The first-order valence-electron chi connectivity index (χ1n) is 22.3. The molecule has 0 rings (SSSR count). The highest BCUT2D eigenvalue weighted by Crippen LogP contribution is 1.99. The summed E-state index contributed by atoms with van der Waals surface area (Å²) in [5, 5.41) is 329. The molecule has 0 aliphatic rings. The van der Waals surface area contributed by atoms with Crippen LogP contribution in [0.15, 0.2) is 575 Å². The first-order chi connectivity index (χ1) is 55.9. The average Bonchev–Trinajstić information content (AvgIpc) is 3.05. The number of hydrogen-bond acceptors (Lipinski definition) is 2. The molecule has 112 nitrogen and oxygen atoms in total. The normalized spacial score (nSPS) is 15.8. The second kappa shape index (κ2) is 88.6. The summed E-state index contributed by atoms with van der Waals surface area (Å²) < 4.78 is 0. The van der Waals surface area contributed by atoms with Crippen molar-refractivity contribution in [3.8, 4) is 0 Å². The van der Waals surface area contributed by atoms with Gasteiger partial charge in [-0.1, -0.05) is 10.4 Å². The van der Waals surface area contributed by atoms with Crippen molar-refractivity contribution in [3.05, 3.63) is 0 Å². The fourth-order valence-electron chi connectivity index (χ4n) is 1.94. The molecule has 0 aliphatic carbocycles. The van der Waals surface area contributed by atoms with E-state index in [1.54, 1.807) is 0 Å². The third-order valence-electron chi connectivity index (χ3n) is 4.38. The van der Waals surface area contributed by atoms with E-state index in [2.05, 4.69) is 586 Å². The largest absolute Gasteiger partial charge is 0.303 e. The Morgan fingerprint density at radius 1 is 0.0446 bits per heavy atom. The molecule has 112 heavy (non-hydrogen) atoms. The molecule has 4 N–H and O–H groups in total. The fourth-order valence-corrected chi connectivity index (χ4v) is 1.94. The lowest BCUT2D eigenvalue weighted by atomic mass is 12.3. The maximum atomic E-state index is 4.64. The second-order valence-corrected chi connectivity index (χ2v) is 9.89. The molecular formula is H4N112. The molecule has 0 atom stereocenters. The van der Waals surface area contributed by atoms with Crippen LogP contribution in [0.4, 0.5) is 0 Å². The lowest BCUT2D eigenvalue weighted by Crippen LogP contribution is -1.70. The molecule has 0 aromatic heterocycles. The fraction of sp³-hybridized carbons (Fsp3) is 0. The van der Waals surface area contributed by atoms with Gasteiger partial charge < -0.3 is 11.7 Å². The molecule has 564 valence electrons. The van der Waals surface area contributed by atoms with Gasteiger partial charge in [0.15, 0.2) is 0 Å². The van der Waals surface area contributed by atoms with Crippen LogP contribution in [0.2, 0.25) is 0 Å². The van der Waals surface area contributed by atoms with Crippen molar-refractivity contribution in [2.45, 2.75) is 0 Å². The van der Waals surface area contributed by atoms with Gasteiger partial charge in [-0.3, -0.25) is 0 Å². The minimum Gasteiger partial charge on any atom is -0.303 e. The summed E-state index contributed by atoms with van der Waals surface area (Å²) in [6.07, 6.45) is 0. The second-order valence-electron chi connectivity index (χ2n) is 9.89. The smallest absolute Gasteiger partial charge is 0 e. The minimum atomic E-state index is 2.75. The van der Waals surface area contributed by atoms with E-state index in [-0.39, 0.29) is 0 Å². The van der Waals surface area contributed by atoms with Crippen LogP contribution in [0.1, 0.15) is 0 Å². The molecule has 0 aromatic carbocycles. The Bertz CT molecular complexity index is 3890. The topological polar surface area (TPSA) is 1410 Å². The third kappa shape index (κ3) is 87.6. The van der Waals surface area contributed by atoms with E-state index in [4.69, 9.17) is 0 Å². The summed E-state index contributed by atoms with van der Waals surface area (Å²) in [6, 6.07) is 0. The lowest BCUT2D eigenvalue weighted by molar-refractivity contribution is 0.723. The van der Waals surface area contributed by atoms with Gasteiger partial charge in [0, 0.05) is 491 Å². The molecule has 0 radical (unpaired) electrons. The van der Waals surface area contributed by atoms with E-state index >= 15 is 0 Å². The van der Waals surface area contributed by atoms with Gasteiger partial charge in [-0.05, 0) is 73.1 Å². The Balaban J connectivity index is 4.13. The van der Waals surface area contributed by atoms with Gasteiger partial charge in [0.05, 0.1) is 0 Å². The van der Waals surface area contributed by atoms with Crippen molar-refractivity contribution in [2.75, 3.05) is 0 Å². The Hall–Kier alpha value is -22.4. The van der Waals surface area contributed by atoms with Crippen LogP contribution in [0.3, 0.4) is 0 Å². The van der Waals surface area contributed by atoms with Crippen molar-refractivity contribution in [1.29, 1.82) is 0 Å². The molecule has 0 bridgehead atoms. The summed E-state index contributed by atoms with van der Waals surface area (Å²) in [4.78, 5) is 0. The highest BCUT2D eigenvalue weighted by atomic mass is 15.8. The summed E-state index contributed by atoms with van der Waals surface area (Å²) >= 11 is 0. The molecule has 0 heterocycles. The third-order valence-corrected chi connectivity index (χ3v) is 4.38. The Morgan fingerprint density at radius 3 is 0.0982 bits per heavy atom. The number of nitrogens with two attached hydrogens (primary N) is 2. The standard InChI is InChI=1S/H4N112/c1-3-5-7-9-11-13-15-17-19-21-23-25-27-29-31-33-35-37-39-41-43-45-47-49-51-53-55-57-59-61-63-65-67-69-71-73-75-77-79-81-83-85-87-89-91-93-95-97-99-101-103-105-107-109-111-112-110-108-106-104-102-100-98-96-94-92-90-88-86-84-82-80-78-76-74-72-70-68-66-64-62-60-58-56-54-52-50-48-46-44-42-40-38-36-34-32-30-28-26-24-22-20-18-16-14-12-10-8-6-4-2/h(H2,1,4,5,8,9,12,13,16,17,20,21,24,25,28,29,32,33,36,37,40,41,44,45,48,49,52,53,56,57,60,61,64,65,68,69,72,73,76,77,80,81,84,85,88,89,92,93,96,97,100,101,104,105,108,109,112)(H2,2,3,6,7,10,11,14,15,18,19,22,23,26,27,30,31,34,35,38,39,42,43,46,47,50,51,54,55,58,59,62,63,66,67,70,71,74,75,78,79,82,83,86,87,90,91,94,95,98,99,102,103,106,107,110,111). The zero-order valence-electron chi connectivity index (χ0n) is 50.3. The van der Waals surface area contributed by atoms with Crippen LogP contribution >= 0.6 is 0 Å². The van der Waals surface area contributed by atoms with Crippen molar-refractivity contribution >= 4 is 0 Å². The molecule has 0 amide bonds. The average molecular weight is 1570 g/mol. The number of hydrogen-bond donors (Lipinski definition) is 2. The highest BCUT2D eigenvalue weighted by Gasteiger charge is 1.81. The molecule has 0 saturated carbocycles. The predicted molar refractivity (Wildman–Crippen MR) is 275 cm³/mol. The Kier molecular flexibility index (Phi) is 70.9. The van der Waals surface area contributed by atoms with Gasteiger partial charge in [-0.25, -0.2) is 0 Å². The van der Waals surface area contributed by atoms with E-state index in [0.717, 1.165) is 0 Å². The lowest BCUT2D eigenvalue weighted by Gasteiger charge is -1.71. The van der Waals surface area contributed by atoms with Crippen molar-refractivity contribution < 1.29 is 0 Å². The maximum Gasteiger partial charge on any atom is 0 e. The van der Waals surface area contributed by atoms with Gasteiger partial charge in [-0.2, -0.15) is 0 Å². The molecule has 0 aromatic rings. The van der Waals surface area contributed by atoms with Crippen LogP contribution in [0, 0.1) is 0 Å². The van der Waals surface area contributed by atoms with Crippen LogP contribution in [0.25, 0.3) is 0 Å². The molecule has 0 aliphatic heterocycles. The van der Waals surface area contributed by atoms with Crippen LogP contribution in [-0.4, -0.2) is 0 Å². The summed E-state index contributed by atoms with van der Waals surface area (Å²) in [6.45, 7) is 0. The Labute approximate surface area is 586 Å². The van der Waals surface area contributed by atoms with E-state index in [0.29, 0.717) is 0 Å². The van der Waals surface area contributed by atoms with Crippen LogP contribution in [-0.2, 0) is 0 Å². The first-order valence-corrected chi connectivity index (χ1v) is 22.3. The minimum absolute atomic E-state index is 2.75. The van der Waals surface area contributed by atoms with Crippen molar-refractivity contribution in [2.24, 2.45) is 586 Å². The molecule has 112 heteroatoms. The Morgan fingerprint density at radius 2 is 0.0714 bits per heavy atom. The highest BCUT2D eigenvalue weighted by molar-refractivity contribution is 4.24. The van der Waals surface area contributed by atoms with Gasteiger partial charge in [0.25, 0.3) is 0 Å². The molecular weight excluding hydrogens is 1570 g/mol. The molecule has 0 spiro atoms. The van der Waals surface area contributed by atoms with E-state index in [9.17, 15) is 0 Å². The zero-order valence-corrected chi connectivity index (χ0v) is 50.3. The first kappa shape index (κ1) is 89.6. The van der Waals surface area contributed by atoms with E-state index < -0.39 is 0 Å². The molecule has 0 unspecified atom stereocenters. The van der Waals surface area contributed by atoms with E-state index in [1.165, 1.54) is 0 Å². The van der Waals surface area contributed by atoms with Crippen molar-refractivity contribution in [1.82, 2.24) is 0 Å². The van der Waals surface area contributed by atoms with Gasteiger partial charge in [-0.15, -0.1) is 0 Å². The SMILES string of the molecule is N/N=N/N=N/N=N/N=N/N=N/N=N/N=N/N=N/N=N/N=N/N=N/N=N/N=N/N=N/N=N/N=N/N=N/N=N/N=N/N=N/N=N/N=N/N=N/N=N/N=N/N=N/N=N/N=N/N=N/N=N/N=N/N=N/N=N/N=N/N=N/N=N/N=N/N=N/N=N/N=N/N=N/N=N/N=N/N=N/N=N/N=N/N=N/N=N/N=N/N=N/N=N/N=N/N=N/N=N/N=N/N. The van der Waals surface area contributed by atoms with Crippen LogP contribution in [0.5, 0.6) is 0 Å². The van der Waals surface area contributed by atoms with E-state index in [1.807, 2.05) is 0 Å². The molecule has 0 fully saturated rings. The summed E-state index contributed by atoms with van der Waals surface area (Å²) in [5.74, 6) is 9.27. The number of rotatable bonds is 54. The predicted octanol–water partition coefficient (Wildman–Crippen LogP) is 19.0. The summed E-state index contributed by atoms with van der Waals surface area (Å²) in [7, 11) is 0. The van der Waals surface area contributed by atoms with Crippen molar-refractivity contribution in [3.63, 3.8) is 0 Å². The summed E-state index contributed by atoms with van der Waals surface area (Å²) in [5.41, 5.74) is 0. The number of nitrogens with zero attached hydrogens (tertiary/aromatic N) is 110. The monoisotopic (exact) mass is 1570 g/mol. The van der Waals surface area contributed by atoms with Gasteiger partial charge >= 0.3 is 0 Å². The van der Waals surface area contributed by atoms with Gasteiger partial charge in [0.2, 0.25) is 0 Å². The molecule has 0 saturated heterocycles. The zero-order chi connectivity index (χ0) is 79.8. The van der Waals surface area contributed by atoms with Gasteiger partial charge in [0.1, 0.15) is 0 Å². The quantitative estimate of drug-likeness (QED) is 0.0341. The van der Waals surface area contributed by atoms with Crippen LogP contribution < -0.4 is 11.7 Å². The maximum absolute atomic E-state index is 4.64.